The predicted molar refractivity (Wildman–Crippen MR) is 69.3 cm³/mol. The Labute approximate surface area is 116 Å². The quantitative estimate of drug-likeness (QED) is 0.847. The van der Waals surface area contributed by atoms with Crippen LogP contribution in [0.15, 0.2) is 21.9 Å². The molecule has 0 radical (unpaired) electrons. The predicted octanol–water partition coefficient (Wildman–Crippen LogP) is 0.364. The lowest BCUT2D eigenvalue weighted by Crippen LogP contribution is -2.37. The normalized spacial score (nSPS) is 39.5. The molecule has 0 amide bonds. The minimum Gasteiger partial charge on any atom is -0.349 e. The second-order valence-electron chi connectivity index (χ2n) is 5.40. The Bertz CT molecular complexity index is 669. The molecule has 4 atom stereocenters. The number of nitrogens with one attached hydrogen (secondary N) is 1. The molecule has 2 aliphatic rings. The summed E-state index contributed by atoms with van der Waals surface area (Å²) in [6.07, 6.45) is -1.42. The van der Waals surface area contributed by atoms with E-state index in [1.165, 1.54) is 12.3 Å². The monoisotopic (exact) mass is 283 g/mol. The third-order valence-corrected chi connectivity index (χ3v) is 3.47. The molecule has 110 valence electrons. The number of hydrogen-bond acceptors (Lipinski definition) is 5. The van der Waals surface area contributed by atoms with E-state index in [1.54, 1.807) is 13.8 Å². The average Bonchev–Trinajstić information content (AvgIpc) is 2.83. The number of aromatic nitrogens is 2. The molecule has 2 fully saturated rings. The molecule has 2 aliphatic heterocycles. The van der Waals surface area contributed by atoms with Crippen molar-refractivity contribution in [2.45, 2.75) is 57.5 Å². The maximum absolute atomic E-state index is 12.0. The van der Waals surface area contributed by atoms with Crippen molar-refractivity contribution in [1.29, 1.82) is 0 Å². The molecular weight excluding hydrogens is 264 g/mol. The van der Waals surface area contributed by atoms with Crippen LogP contribution in [0.1, 0.15) is 34.8 Å². The van der Waals surface area contributed by atoms with Crippen molar-refractivity contribution in [3.05, 3.63) is 33.1 Å². The number of aromatic amines is 1. The van der Waals surface area contributed by atoms with Gasteiger partial charge in [-0.05, 0) is 20.3 Å². The lowest BCUT2D eigenvalue weighted by Gasteiger charge is -2.24. The Morgan fingerprint density at radius 3 is 2.75 bits per heavy atom. The van der Waals surface area contributed by atoms with Crippen LogP contribution in [-0.4, -0.2) is 33.7 Å². The standard InChI is InChI=1S/C13H18N2O5/c1-4-7-9-10(20-13(2,3)19-9)11(18-7)15-6-5-8(16)14-12(15)17/h5-7,9-11H,4H2,1-3H3,(H,14,16,17)/t7-,9-,10-,11-/m1/s1/i11D. The van der Waals surface area contributed by atoms with Crippen LogP contribution in [0.3, 0.4) is 0 Å². The SMILES string of the molecule is [2H][C@@]1(n2ccc(=O)[nH]c2=O)O[C@H](CC)[C@H]2OC(C)(C)O[C@H]21. The van der Waals surface area contributed by atoms with Gasteiger partial charge in [-0.1, -0.05) is 6.92 Å². The fraction of sp³-hybridized carbons (Fsp3) is 0.692. The van der Waals surface area contributed by atoms with Crippen LogP contribution in [0.25, 0.3) is 0 Å². The molecule has 7 nitrogen and oxygen atoms in total. The van der Waals surface area contributed by atoms with Crippen molar-refractivity contribution in [2.75, 3.05) is 0 Å². The average molecular weight is 283 g/mol. The topological polar surface area (TPSA) is 82.6 Å². The highest BCUT2D eigenvalue weighted by molar-refractivity contribution is 4.98. The third-order valence-electron chi connectivity index (χ3n) is 3.47. The van der Waals surface area contributed by atoms with Gasteiger partial charge in [0.2, 0.25) is 0 Å². The zero-order valence-corrected chi connectivity index (χ0v) is 11.6. The highest BCUT2D eigenvalue weighted by atomic mass is 16.8. The van der Waals surface area contributed by atoms with E-state index in [4.69, 9.17) is 15.6 Å². The molecule has 0 unspecified atom stereocenters. The largest absolute Gasteiger partial charge is 0.349 e. The van der Waals surface area contributed by atoms with Gasteiger partial charge >= 0.3 is 5.69 Å². The molecule has 0 aliphatic carbocycles. The Morgan fingerprint density at radius 2 is 2.10 bits per heavy atom. The van der Waals surface area contributed by atoms with Gasteiger partial charge in [0.1, 0.15) is 12.2 Å². The highest BCUT2D eigenvalue weighted by Gasteiger charge is 2.55. The first kappa shape index (κ1) is 12.3. The fourth-order valence-corrected chi connectivity index (χ4v) is 2.64. The van der Waals surface area contributed by atoms with Gasteiger partial charge in [0.15, 0.2) is 12.0 Å². The minimum absolute atomic E-state index is 0.354. The van der Waals surface area contributed by atoms with Crippen molar-refractivity contribution >= 4 is 0 Å². The Morgan fingerprint density at radius 1 is 1.40 bits per heavy atom. The fourth-order valence-electron chi connectivity index (χ4n) is 2.64. The van der Waals surface area contributed by atoms with Gasteiger partial charge in [-0.25, -0.2) is 4.79 Å². The molecule has 0 bridgehead atoms. The van der Waals surface area contributed by atoms with E-state index in [1.807, 2.05) is 6.92 Å². The number of rotatable bonds is 2. The summed E-state index contributed by atoms with van der Waals surface area (Å²) < 4.78 is 26.9. The van der Waals surface area contributed by atoms with Gasteiger partial charge in [0, 0.05) is 12.3 Å². The van der Waals surface area contributed by atoms with E-state index in [9.17, 15) is 9.59 Å². The molecule has 0 aromatic carbocycles. The minimum atomic E-state index is -1.76. The summed E-state index contributed by atoms with van der Waals surface area (Å²) in [5, 5.41) is 0. The van der Waals surface area contributed by atoms with E-state index in [0.29, 0.717) is 6.42 Å². The van der Waals surface area contributed by atoms with Gasteiger partial charge in [0.25, 0.3) is 5.56 Å². The van der Waals surface area contributed by atoms with Crippen LogP contribution in [0.4, 0.5) is 0 Å². The Kier molecular flexibility index (Phi) is 2.80. The highest BCUT2D eigenvalue weighted by Crippen LogP contribution is 2.43. The van der Waals surface area contributed by atoms with Gasteiger partial charge in [0.05, 0.1) is 7.47 Å². The summed E-state index contributed by atoms with van der Waals surface area (Å²) >= 11 is 0. The van der Waals surface area contributed by atoms with Crippen molar-refractivity contribution in [3.8, 4) is 0 Å². The summed E-state index contributed by atoms with van der Waals surface area (Å²) in [6, 6.07) is 1.18. The number of hydrogen-bond donors (Lipinski definition) is 1. The van der Waals surface area contributed by atoms with Crippen LogP contribution < -0.4 is 11.2 Å². The summed E-state index contributed by atoms with van der Waals surface area (Å²) in [4.78, 5) is 25.3. The molecule has 0 spiro atoms. The number of fused-ring (bicyclic) bond motifs is 1. The Hall–Kier alpha value is -1.44. The molecule has 3 heterocycles. The summed E-state index contributed by atoms with van der Waals surface area (Å²) in [7, 11) is 0. The first-order chi connectivity index (χ1) is 9.77. The molecule has 2 saturated heterocycles. The zero-order chi connectivity index (χ0) is 15.4. The van der Waals surface area contributed by atoms with Gasteiger partial charge in [-0.15, -0.1) is 0 Å². The van der Waals surface area contributed by atoms with E-state index < -0.39 is 35.4 Å². The van der Waals surface area contributed by atoms with Crippen LogP contribution in [0.2, 0.25) is 0 Å². The van der Waals surface area contributed by atoms with E-state index in [0.717, 1.165) is 4.57 Å². The van der Waals surface area contributed by atoms with E-state index in [-0.39, 0.29) is 6.10 Å². The van der Waals surface area contributed by atoms with Gasteiger partial charge < -0.3 is 14.2 Å². The molecule has 3 rings (SSSR count). The second-order valence-corrected chi connectivity index (χ2v) is 5.40. The molecular formula is C13H18N2O5. The summed E-state index contributed by atoms with van der Waals surface area (Å²) in [5.41, 5.74) is -1.23. The van der Waals surface area contributed by atoms with Crippen molar-refractivity contribution in [1.82, 2.24) is 9.55 Å². The molecule has 1 aromatic rings. The second kappa shape index (κ2) is 4.54. The molecule has 20 heavy (non-hydrogen) atoms. The van der Waals surface area contributed by atoms with Crippen molar-refractivity contribution < 1.29 is 15.6 Å². The van der Waals surface area contributed by atoms with Crippen LogP contribution >= 0.6 is 0 Å². The zero-order valence-electron chi connectivity index (χ0n) is 12.6. The van der Waals surface area contributed by atoms with Crippen molar-refractivity contribution in [2.24, 2.45) is 0 Å². The van der Waals surface area contributed by atoms with Crippen LogP contribution in [0.5, 0.6) is 0 Å². The first-order valence-electron chi connectivity index (χ1n) is 7.13. The lowest BCUT2D eigenvalue weighted by molar-refractivity contribution is -0.197. The smallest absolute Gasteiger partial charge is 0.330 e. The number of ether oxygens (including phenoxy) is 3. The molecule has 1 N–H and O–H groups in total. The maximum atomic E-state index is 12.0. The van der Waals surface area contributed by atoms with E-state index >= 15 is 0 Å². The molecule has 1 aromatic heterocycles. The maximum Gasteiger partial charge on any atom is 0.330 e. The van der Waals surface area contributed by atoms with Gasteiger partial charge in [-0.3, -0.25) is 14.3 Å². The third kappa shape index (κ3) is 2.11. The summed E-state index contributed by atoms with van der Waals surface area (Å²) in [5.74, 6) is -0.843. The van der Waals surface area contributed by atoms with Crippen molar-refractivity contribution in [3.63, 3.8) is 0 Å². The number of H-pyrrole nitrogens is 1. The van der Waals surface area contributed by atoms with E-state index in [2.05, 4.69) is 4.98 Å². The van der Waals surface area contributed by atoms with Crippen LogP contribution in [0, 0.1) is 0 Å². The van der Waals surface area contributed by atoms with Gasteiger partial charge in [-0.2, -0.15) is 0 Å². The Balaban J connectivity index is 2.08. The lowest BCUT2D eigenvalue weighted by atomic mass is 10.1. The van der Waals surface area contributed by atoms with Crippen LogP contribution in [-0.2, 0) is 14.2 Å². The summed E-state index contributed by atoms with van der Waals surface area (Å²) in [6.45, 7) is 5.43. The molecule has 0 saturated carbocycles. The molecule has 7 heteroatoms. The number of nitrogens with zero attached hydrogens (tertiary/aromatic N) is 1. The first-order valence-corrected chi connectivity index (χ1v) is 6.63.